The van der Waals surface area contributed by atoms with E-state index in [1.807, 2.05) is 27.7 Å². The molecular weight excluding hydrogens is 580 g/mol. The second-order valence-electron chi connectivity index (χ2n) is 12.9. The normalized spacial score (nSPS) is 19.8. The number of hydrogen-bond donors (Lipinski definition) is 4. The molecule has 0 aromatic heterocycles. The van der Waals surface area contributed by atoms with E-state index in [1.165, 1.54) is 0 Å². The van der Waals surface area contributed by atoms with Crippen molar-refractivity contribution in [3.05, 3.63) is 34.9 Å². The van der Waals surface area contributed by atoms with Crippen LogP contribution in [0.5, 0.6) is 0 Å². The number of nitrogens with two attached hydrogens (primary N) is 1. The highest BCUT2D eigenvalue weighted by molar-refractivity contribution is 6.30. The fourth-order valence-corrected chi connectivity index (χ4v) is 4.89. The molecule has 1 aliphatic rings. The molecule has 2 rings (SSSR count). The molecule has 0 bridgehead atoms. The first-order chi connectivity index (χ1) is 19.8. The zero-order valence-electron chi connectivity index (χ0n) is 26.4. The monoisotopic (exact) mass is 626 g/mol. The van der Waals surface area contributed by atoms with Crippen LogP contribution < -0.4 is 16.4 Å². The number of benzene rings is 1. The van der Waals surface area contributed by atoms with Crippen molar-refractivity contribution in [3.8, 4) is 0 Å². The average molecular weight is 627 g/mol. The Morgan fingerprint density at radius 1 is 1.07 bits per heavy atom. The average Bonchev–Trinajstić information content (AvgIpc) is 2.91. The third-order valence-electron chi connectivity index (χ3n) is 7.70. The lowest BCUT2D eigenvalue weighted by molar-refractivity contribution is -0.157. The first kappa shape index (κ1) is 36.1. The molecule has 1 saturated heterocycles. The van der Waals surface area contributed by atoms with Crippen molar-refractivity contribution in [2.45, 2.75) is 85.1 Å². The third kappa shape index (κ3) is 9.70. The minimum atomic E-state index is -1.19. The number of halogens is 1. The number of piperidine rings is 1. The standard InChI is InChI=1S/C30H47ClN4O8/c1-18(2)22(32)25(37)41-17-42-27(39)43-29(7,8)15-33-26(38)34-23(19(3)4)24(36)35-14-13-30(40,28(5,6)16-35)20-9-11-21(31)12-10-20/h9-12,18-19,22-23,40H,13-17,32H2,1-8H3,(H2,33,34,38)/t22-,23-,30+/m1/s1. The van der Waals surface area contributed by atoms with E-state index < -0.39 is 53.6 Å². The van der Waals surface area contributed by atoms with Gasteiger partial charge in [0.15, 0.2) is 0 Å². The summed E-state index contributed by atoms with van der Waals surface area (Å²) in [5.74, 6) is -1.35. The van der Waals surface area contributed by atoms with Gasteiger partial charge in [0.05, 0.1) is 12.1 Å². The maximum Gasteiger partial charge on any atom is 0.511 e. The molecule has 0 saturated carbocycles. The molecule has 12 nitrogen and oxygen atoms in total. The van der Waals surface area contributed by atoms with Gasteiger partial charge in [-0.15, -0.1) is 0 Å². The molecule has 1 heterocycles. The minimum absolute atomic E-state index is 0.101. The predicted molar refractivity (Wildman–Crippen MR) is 161 cm³/mol. The van der Waals surface area contributed by atoms with Gasteiger partial charge < -0.3 is 40.6 Å². The number of nitrogens with one attached hydrogen (secondary N) is 2. The Morgan fingerprint density at radius 3 is 2.21 bits per heavy atom. The second kappa shape index (κ2) is 14.6. The smallest absolute Gasteiger partial charge is 0.427 e. The topological polar surface area (TPSA) is 170 Å². The van der Waals surface area contributed by atoms with Crippen LogP contribution in [-0.4, -0.2) is 78.2 Å². The number of nitrogens with zero attached hydrogens (tertiary/aromatic N) is 1. The van der Waals surface area contributed by atoms with Crippen molar-refractivity contribution < 1.29 is 38.5 Å². The van der Waals surface area contributed by atoms with Crippen LogP contribution in [0.1, 0.15) is 67.4 Å². The molecule has 1 fully saturated rings. The zero-order valence-corrected chi connectivity index (χ0v) is 27.1. The summed E-state index contributed by atoms with van der Waals surface area (Å²) in [6.45, 7) is 13.9. The summed E-state index contributed by atoms with van der Waals surface area (Å²) in [6, 6.07) is 4.76. The van der Waals surface area contributed by atoms with E-state index in [4.69, 9.17) is 31.5 Å². The van der Waals surface area contributed by atoms with Gasteiger partial charge in [0.25, 0.3) is 0 Å². The summed E-state index contributed by atoms with van der Waals surface area (Å²) in [5, 5.41) is 17.6. The van der Waals surface area contributed by atoms with E-state index in [2.05, 4.69) is 10.6 Å². The number of carbonyl (C=O) groups is 4. The Morgan fingerprint density at radius 2 is 1.67 bits per heavy atom. The van der Waals surface area contributed by atoms with Gasteiger partial charge in [0.1, 0.15) is 17.7 Å². The van der Waals surface area contributed by atoms with Gasteiger partial charge in [-0.05, 0) is 49.8 Å². The van der Waals surface area contributed by atoms with Crippen molar-refractivity contribution in [2.75, 3.05) is 26.4 Å². The number of aliphatic hydroxyl groups is 1. The quantitative estimate of drug-likeness (QED) is 0.212. The fraction of sp³-hybridized carbons (Fsp3) is 0.667. The summed E-state index contributed by atoms with van der Waals surface area (Å²) in [6.07, 6.45) is -0.782. The summed E-state index contributed by atoms with van der Waals surface area (Å²) >= 11 is 6.03. The summed E-state index contributed by atoms with van der Waals surface area (Å²) in [5.41, 5.74) is 3.37. The molecule has 1 aromatic rings. The van der Waals surface area contributed by atoms with E-state index in [0.29, 0.717) is 18.0 Å². The molecule has 3 atom stereocenters. The molecular formula is C30H47ClN4O8. The second-order valence-corrected chi connectivity index (χ2v) is 13.4. The molecule has 5 N–H and O–H groups in total. The maximum absolute atomic E-state index is 13.6. The lowest BCUT2D eigenvalue weighted by Gasteiger charge is -2.51. The molecule has 43 heavy (non-hydrogen) atoms. The van der Waals surface area contributed by atoms with Gasteiger partial charge in [-0.1, -0.05) is 65.3 Å². The molecule has 0 spiro atoms. The highest BCUT2D eigenvalue weighted by Crippen LogP contribution is 2.46. The van der Waals surface area contributed by atoms with Crippen LogP contribution in [0, 0.1) is 17.3 Å². The van der Waals surface area contributed by atoms with E-state index in [9.17, 15) is 24.3 Å². The van der Waals surface area contributed by atoms with Gasteiger partial charge in [-0.2, -0.15) is 0 Å². The van der Waals surface area contributed by atoms with Crippen LogP contribution in [0.4, 0.5) is 9.59 Å². The number of likely N-dealkylation sites (tertiary alicyclic amines) is 1. The molecule has 0 radical (unpaired) electrons. The SMILES string of the molecule is CC(C)[C@@H](N)C(=O)OCOC(=O)OC(C)(C)CNC(=O)N[C@@H](C(=O)N1CC[C@](O)(c2ccc(Cl)cc2)C(C)(C)C1)C(C)C. The molecule has 3 amide bonds. The first-order valence-electron chi connectivity index (χ1n) is 14.4. The third-order valence-corrected chi connectivity index (χ3v) is 7.96. The fourth-order valence-electron chi connectivity index (χ4n) is 4.76. The first-order valence-corrected chi connectivity index (χ1v) is 14.8. The number of urea groups is 1. The van der Waals surface area contributed by atoms with Gasteiger partial charge >= 0.3 is 18.2 Å². The van der Waals surface area contributed by atoms with Crippen molar-refractivity contribution >= 4 is 35.7 Å². The number of hydrogen-bond acceptors (Lipinski definition) is 9. The lowest BCUT2D eigenvalue weighted by atomic mass is 9.66. The Labute approximate surface area is 258 Å². The summed E-state index contributed by atoms with van der Waals surface area (Å²) < 4.78 is 14.8. The van der Waals surface area contributed by atoms with Crippen LogP contribution >= 0.6 is 11.6 Å². The lowest BCUT2D eigenvalue weighted by Crippen LogP contribution is -2.61. The van der Waals surface area contributed by atoms with Gasteiger partial charge in [0, 0.05) is 23.5 Å². The molecule has 0 unspecified atom stereocenters. The van der Waals surface area contributed by atoms with E-state index in [0.717, 1.165) is 5.56 Å². The number of esters is 1. The molecule has 1 aromatic carbocycles. The van der Waals surface area contributed by atoms with Crippen LogP contribution in [0.3, 0.4) is 0 Å². The summed E-state index contributed by atoms with van der Waals surface area (Å²) in [4.78, 5) is 51.9. The highest BCUT2D eigenvalue weighted by atomic mass is 35.5. The zero-order chi connectivity index (χ0) is 32.8. The Kier molecular flexibility index (Phi) is 12.2. The van der Waals surface area contributed by atoms with E-state index >= 15 is 0 Å². The number of ether oxygens (including phenoxy) is 3. The van der Waals surface area contributed by atoms with Crippen LogP contribution in [0.25, 0.3) is 0 Å². The van der Waals surface area contributed by atoms with Gasteiger partial charge in [0.2, 0.25) is 12.7 Å². The maximum atomic E-state index is 13.6. The molecule has 1 aliphatic heterocycles. The van der Waals surface area contributed by atoms with E-state index in [1.54, 1.807) is 56.9 Å². The molecule has 242 valence electrons. The van der Waals surface area contributed by atoms with Crippen molar-refractivity contribution in [2.24, 2.45) is 23.0 Å². The van der Waals surface area contributed by atoms with Crippen LogP contribution in [-0.2, 0) is 29.4 Å². The minimum Gasteiger partial charge on any atom is -0.427 e. The van der Waals surface area contributed by atoms with Gasteiger partial charge in [-0.25, -0.2) is 9.59 Å². The molecule has 13 heteroatoms. The van der Waals surface area contributed by atoms with Crippen molar-refractivity contribution in [1.29, 1.82) is 0 Å². The molecule has 0 aliphatic carbocycles. The highest BCUT2D eigenvalue weighted by Gasteiger charge is 2.50. The largest absolute Gasteiger partial charge is 0.511 e. The number of carbonyl (C=O) groups excluding carboxylic acids is 4. The number of amides is 3. The van der Waals surface area contributed by atoms with E-state index in [-0.39, 0.29) is 30.8 Å². The Balaban J connectivity index is 1.92. The Bertz CT molecular complexity index is 1140. The van der Waals surface area contributed by atoms with Crippen molar-refractivity contribution in [3.63, 3.8) is 0 Å². The summed E-state index contributed by atoms with van der Waals surface area (Å²) in [7, 11) is 0. The number of rotatable bonds is 11. The van der Waals surface area contributed by atoms with Crippen LogP contribution in [0.15, 0.2) is 24.3 Å². The Hall–Kier alpha value is -3.09. The van der Waals surface area contributed by atoms with Crippen LogP contribution in [0.2, 0.25) is 5.02 Å². The predicted octanol–water partition coefficient (Wildman–Crippen LogP) is 3.53. The van der Waals surface area contributed by atoms with Crippen molar-refractivity contribution in [1.82, 2.24) is 15.5 Å². The van der Waals surface area contributed by atoms with Gasteiger partial charge in [-0.3, -0.25) is 9.59 Å².